The van der Waals surface area contributed by atoms with Gasteiger partial charge in [-0.15, -0.1) is 0 Å². The summed E-state index contributed by atoms with van der Waals surface area (Å²) >= 11 is 18.2. The Labute approximate surface area is 162 Å². The second-order valence-corrected chi connectivity index (χ2v) is 7.07. The molecule has 4 heteroatoms. The summed E-state index contributed by atoms with van der Waals surface area (Å²) in [6.07, 6.45) is 0.276. The number of hydrogen-bond donors (Lipinski definition) is 0. The first kappa shape index (κ1) is 17.8. The lowest BCUT2D eigenvalue weighted by atomic mass is 9.67. The van der Waals surface area contributed by atoms with Gasteiger partial charge in [0.05, 0.1) is 17.9 Å². The first-order valence-corrected chi connectivity index (χ1v) is 8.85. The van der Waals surface area contributed by atoms with Crippen LogP contribution >= 0.6 is 34.8 Å². The highest BCUT2D eigenvalue weighted by atomic mass is 35.5. The molecule has 0 spiro atoms. The highest BCUT2D eigenvalue weighted by Gasteiger charge is 2.36. The zero-order chi connectivity index (χ0) is 17.9. The lowest BCUT2D eigenvalue weighted by Gasteiger charge is -2.34. The number of benzene rings is 3. The van der Waals surface area contributed by atoms with Gasteiger partial charge in [-0.05, 0) is 53.1 Å². The zero-order valence-corrected chi connectivity index (χ0v) is 15.5. The molecule has 0 amide bonds. The van der Waals surface area contributed by atoms with Crippen LogP contribution in [-0.4, -0.2) is 0 Å². The highest BCUT2D eigenvalue weighted by Crippen LogP contribution is 2.43. The van der Waals surface area contributed by atoms with Crippen molar-refractivity contribution in [3.05, 3.63) is 105 Å². The smallest absolute Gasteiger partial charge is 0.0638 e. The van der Waals surface area contributed by atoms with Gasteiger partial charge in [0.15, 0.2) is 0 Å². The van der Waals surface area contributed by atoms with Crippen LogP contribution in [0, 0.1) is 11.3 Å². The topological polar surface area (TPSA) is 23.8 Å². The van der Waals surface area contributed by atoms with Gasteiger partial charge >= 0.3 is 0 Å². The van der Waals surface area contributed by atoms with Crippen LogP contribution in [0.25, 0.3) is 0 Å². The van der Waals surface area contributed by atoms with E-state index in [1.54, 1.807) is 0 Å². The third-order valence-corrected chi connectivity index (χ3v) is 5.11. The molecule has 3 aromatic rings. The largest absolute Gasteiger partial charge is 0.198 e. The minimum absolute atomic E-state index is 0.276. The Balaban J connectivity index is 2.31. The van der Waals surface area contributed by atoms with Crippen molar-refractivity contribution in [1.29, 1.82) is 5.26 Å². The molecule has 25 heavy (non-hydrogen) atoms. The van der Waals surface area contributed by atoms with Crippen molar-refractivity contribution in [2.24, 2.45) is 0 Å². The molecule has 3 rings (SSSR count). The number of rotatable bonds is 4. The maximum atomic E-state index is 9.62. The molecular weight excluding hydrogens is 373 g/mol. The Kier molecular flexibility index (Phi) is 5.35. The molecule has 0 saturated heterocycles. The highest BCUT2D eigenvalue weighted by molar-refractivity contribution is 6.31. The van der Waals surface area contributed by atoms with E-state index in [0.717, 1.165) is 16.7 Å². The van der Waals surface area contributed by atoms with Crippen LogP contribution in [0.15, 0.2) is 72.8 Å². The molecule has 0 aliphatic heterocycles. The van der Waals surface area contributed by atoms with Gasteiger partial charge in [-0.2, -0.15) is 5.26 Å². The standard InChI is InChI=1S/C21H14Cl3N/c22-18-7-1-15(2-8-18)21(13-14-25,16-3-9-19(23)10-4-16)17-5-11-20(24)12-6-17/h1-12H,13H2. The first-order valence-electron chi connectivity index (χ1n) is 7.71. The molecule has 0 unspecified atom stereocenters. The van der Waals surface area contributed by atoms with Crippen LogP contribution < -0.4 is 0 Å². The molecule has 0 aliphatic carbocycles. The maximum Gasteiger partial charge on any atom is 0.0638 e. The van der Waals surface area contributed by atoms with Crippen molar-refractivity contribution in [2.75, 3.05) is 0 Å². The fourth-order valence-electron chi connectivity index (χ4n) is 3.13. The number of nitriles is 1. The molecule has 0 fully saturated rings. The van der Waals surface area contributed by atoms with E-state index in [0.29, 0.717) is 15.1 Å². The van der Waals surface area contributed by atoms with Crippen molar-refractivity contribution in [2.45, 2.75) is 11.8 Å². The van der Waals surface area contributed by atoms with Crippen molar-refractivity contribution in [3.8, 4) is 6.07 Å². The van der Waals surface area contributed by atoms with E-state index >= 15 is 0 Å². The molecule has 0 bridgehead atoms. The molecule has 124 valence electrons. The van der Waals surface area contributed by atoms with Crippen molar-refractivity contribution >= 4 is 34.8 Å². The summed E-state index contributed by atoms with van der Waals surface area (Å²) in [6.45, 7) is 0. The summed E-state index contributed by atoms with van der Waals surface area (Å²) in [4.78, 5) is 0. The molecule has 0 saturated carbocycles. The van der Waals surface area contributed by atoms with Gasteiger partial charge in [-0.1, -0.05) is 71.2 Å². The quantitative estimate of drug-likeness (QED) is 0.448. The average molecular weight is 387 g/mol. The van der Waals surface area contributed by atoms with E-state index in [-0.39, 0.29) is 6.42 Å². The lowest BCUT2D eigenvalue weighted by Crippen LogP contribution is -2.29. The van der Waals surface area contributed by atoms with Crippen molar-refractivity contribution < 1.29 is 0 Å². The summed E-state index contributed by atoms with van der Waals surface area (Å²) in [6, 6.07) is 25.2. The minimum Gasteiger partial charge on any atom is -0.198 e. The summed E-state index contributed by atoms with van der Waals surface area (Å²) in [7, 11) is 0. The van der Waals surface area contributed by atoms with Gasteiger partial charge in [0, 0.05) is 15.1 Å². The average Bonchev–Trinajstić information content (AvgIpc) is 2.62. The number of hydrogen-bond acceptors (Lipinski definition) is 1. The zero-order valence-electron chi connectivity index (χ0n) is 13.2. The Hall–Kier alpha value is -1.98. The number of halogens is 3. The third kappa shape index (κ3) is 3.53. The van der Waals surface area contributed by atoms with Crippen molar-refractivity contribution in [1.82, 2.24) is 0 Å². The summed E-state index contributed by atoms with van der Waals surface area (Å²) < 4.78 is 0. The molecule has 0 atom stereocenters. The Morgan fingerprint density at radius 1 is 0.600 bits per heavy atom. The predicted molar refractivity (Wildman–Crippen MR) is 104 cm³/mol. The monoisotopic (exact) mass is 385 g/mol. The van der Waals surface area contributed by atoms with Crippen LogP contribution in [0.5, 0.6) is 0 Å². The second-order valence-electron chi connectivity index (χ2n) is 5.76. The number of nitrogens with zero attached hydrogens (tertiary/aromatic N) is 1. The summed E-state index contributed by atoms with van der Waals surface area (Å²) in [5.41, 5.74) is 2.34. The van der Waals surface area contributed by atoms with Gasteiger partial charge < -0.3 is 0 Å². The van der Waals surface area contributed by atoms with Gasteiger partial charge in [0.2, 0.25) is 0 Å². The molecule has 0 radical (unpaired) electrons. The van der Waals surface area contributed by atoms with E-state index in [1.807, 2.05) is 72.8 Å². The van der Waals surface area contributed by atoms with Crippen LogP contribution in [0.1, 0.15) is 23.1 Å². The fourth-order valence-corrected chi connectivity index (χ4v) is 3.51. The van der Waals surface area contributed by atoms with E-state index < -0.39 is 5.41 Å². The Morgan fingerprint density at radius 3 is 1.12 bits per heavy atom. The Morgan fingerprint density at radius 2 is 0.880 bits per heavy atom. The van der Waals surface area contributed by atoms with Gasteiger partial charge in [-0.25, -0.2) is 0 Å². The maximum absolute atomic E-state index is 9.62. The van der Waals surface area contributed by atoms with Crippen molar-refractivity contribution in [3.63, 3.8) is 0 Å². The van der Waals surface area contributed by atoms with Crippen LogP contribution in [0.4, 0.5) is 0 Å². The molecule has 0 heterocycles. The summed E-state index contributed by atoms with van der Waals surface area (Å²) in [5.74, 6) is 0. The van der Waals surface area contributed by atoms with Crippen LogP contribution in [0.2, 0.25) is 15.1 Å². The third-order valence-electron chi connectivity index (χ3n) is 4.36. The normalized spacial score (nSPS) is 11.1. The van der Waals surface area contributed by atoms with E-state index in [4.69, 9.17) is 34.8 Å². The SMILES string of the molecule is N#CCC(c1ccc(Cl)cc1)(c1ccc(Cl)cc1)c1ccc(Cl)cc1. The minimum atomic E-state index is -0.630. The Bertz CT molecular complexity index is 781. The second kappa shape index (κ2) is 7.50. The summed E-state index contributed by atoms with van der Waals surface area (Å²) in [5, 5.41) is 11.6. The first-order chi connectivity index (χ1) is 12.1. The lowest BCUT2D eigenvalue weighted by molar-refractivity contribution is 0.634. The fraction of sp³-hybridized carbons (Fsp3) is 0.0952. The van der Waals surface area contributed by atoms with Crippen LogP contribution in [-0.2, 0) is 5.41 Å². The van der Waals surface area contributed by atoms with E-state index in [9.17, 15) is 5.26 Å². The van der Waals surface area contributed by atoms with Gasteiger partial charge in [0.1, 0.15) is 0 Å². The molecule has 0 aromatic heterocycles. The van der Waals surface area contributed by atoms with Crippen LogP contribution in [0.3, 0.4) is 0 Å². The molecule has 3 aromatic carbocycles. The molecule has 0 N–H and O–H groups in total. The predicted octanol–water partition coefficient (Wildman–Crippen LogP) is 6.89. The molecule has 1 nitrogen and oxygen atoms in total. The van der Waals surface area contributed by atoms with E-state index in [2.05, 4.69) is 6.07 Å². The van der Waals surface area contributed by atoms with Gasteiger partial charge in [-0.3, -0.25) is 0 Å². The van der Waals surface area contributed by atoms with E-state index in [1.165, 1.54) is 0 Å². The molecule has 0 aliphatic rings. The molecular formula is C21H14Cl3N. The van der Waals surface area contributed by atoms with Gasteiger partial charge in [0.25, 0.3) is 0 Å².